The van der Waals surface area contributed by atoms with E-state index in [4.69, 9.17) is 7.98 Å². The molecule has 0 fully saturated rings. The van der Waals surface area contributed by atoms with Crippen LogP contribution < -0.4 is 0 Å². The number of hydrogen-bond acceptors (Lipinski definition) is 1. The molecule has 0 saturated heterocycles. The van der Waals surface area contributed by atoms with Crippen LogP contribution in [0.5, 0.6) is 0 Å². The Morgan fingerprint density at radius 3 is 2.29 bits per heavy atom. The molecule has 0 aliphatic carbocycles. The third-order valence-corrected chi connectivity index (χ3v) is 0.864. The van der Waals surface area contributed by atoms with Gasteiger partial charge in [0.2, 0.25) is 0 Å². The summed E-state index contributed by atoms with van der Waals surface area (Å²) in [5.74, 6) is 0. The Balaban J connectivity index is 2.68. The van der Waals surface area contributed by atoms with E-state index in [-0.39, 0.29) is 0 Å². The zero-order chi connectivity index (χ0) is 5.70. The summed E-state index contributed by atoms with van der Waals surface area (Å²) in [6.45, 7) is 3.17. The summed E-state index contributed by atoms with van der Waals surface area (Å²) in [7, 11) is 7.20. The lowest BCUT2D eigenvalue weighted by molar-refractivity contribution is 0.520. The summed E-state index contributed by atoms with van der Waals surface area (Å²) in [6.07, 6.45) is 2.43. The number of unbranched alkanes of at least 4 members (excludes halogenated alkanes) is 1. The van der Waals surface area contributed by atoms with E-state index in [9.17, 15) is 0 Å². The van der Waals surface area contributed by atoms with Crippen molar-refractivity contribution in [2.24, 2.45) is 0 Å². The maximum absolute atomic E-state index is 5.31. The quantitative estimate of drug-likeness (QED) is 0.471. The summed E-state index contributed by atoms with van der Waals surface area (Å²) < 4.78 is 0. The summed E-state index contributed by atoms with van der Waals surface area (Å²) in [5, 5.41) is 0. The van der Waals surface area contributed by atoms with Crippen LogP contribution >= 0.6 is 0 Å². The van der Waals surface area contributed by atoms with E-state index in [2.05, 4.69) is 6.92 Å². The largest absolute Gasteiger partial charge is 0.356 e. The van der Waals surface area contributed by atoms with Crippen LogP contribution in [0.1, 0.15) is 19.8 Å². The van der Waals surface area contributed by atoms with Gasteiger partial charge in [-0.15, -0.1) is 0 Å². The van der Waals surface area contributed by atoms with Crippen molar-refractivity contribution in [3.63, 3.8) is 0 Å². The minimum absolute atomic E-state index is 1.01. The van der Waals surface area contributed by atoms with Crippen molar-refractivity contribution in [2.45, 2.75) is 19.8 Å². The lowest BCUT2D eigenvalue weighted by atomic mass is 10.2. The normalized spacial score (nSPS) is 10.1. The molecule has 0 spiro atoms. The monoisotopic (exact) mass is 97.1 g/mol. The van der Waals surface area contributed by atoms with Crippen LogP contribution in [0.2, 0.25) is 0 Å². The van der Waals surface area contributed by atoms with Crippen molar-refractivity contribution in [2.75, 3.05) is 13.6 Å². The second-order valence-corrected chi connectivity index (χ2v) is 1.83. The van der Waals surface area contributed by atoms with Crippen molar-refractivity contribution in [1.29, 1.82) is 0 Å². The standard InChI is InChI=1S/C5H12BN/c1-3-4-5-7(2)6/h3-5H2,1-2H3. The molecule has 0 aromatic carbocycles. The molecule has 0 aliphatic heterocycles. The first kappa shape index (κ1) is 7.02. The molecule has 0 N–H and O–H groups in total. The lowest BCUT2D eigenvalue weighted by Crippen LogP contribution is -2.14. The molecule has 0 rings (SSSR count). The van der Waals surface area contributed by atoms with Gasteiger partial charge >= 0.3 is 0 Å². The predicted octanol–water partition coefficient (Wildman–Crippen LogP) is 0.802. The highest BCUT2D eigenvalue weighted by Crippen LogP contribution is 1.85. The first-order valence-electron chi connectivity index (χ1n) is 2.73. The Morgan fingerprint density at radius 2 is 2.14 bits per heavy atom. The first-order chi connectivity index (χ1) is 3.27. The zero-order valence-corrected chi connectivity index (χ0v) is 5.15. The lowest BCUT2D eigenvalue weighted by Gasteiger charge is -2.06. The van der Waals surface area contributed by atoms with Crippen LogP contribution in [0, 0.1) is 0 Å². The number of rotatable bonds is 3. The Hall–Kier alpha value is 0.0249. The van der Waals surface area contributed by atoms with Gasteiger partial charge < -0.3 is 4.81 Å². The van der Waals surface area contributed by atoms with E-state index in [1.807, 2.05) is 7.05 Å². The fourth-order valence-electron chi connectivity index (χ4n) is 0.408. The van der Waals surface area contributed by atoms with Crippen LogP contribution in [0.3, 0.4) is 0 Å². The first-order valence-corrected chi connectivity index (χ1v) is 2.73. The highest BCUT2D eigenvalue weighted by Gasteiger charge is 1.83. The van der Waals surface area contributed by atoms with E-state index >= 15 is 0 Å². The molecule has 0 heterocycles. The van der Waals surface area contributed by atoms with Crippen molar-refractivity contribution < 1.29 is 0 Å². The van der Waals surface area contributed by atoms with Crippen LogP contribution in [0.4, 0.5) is 0 Å². The molecule has 7 heavy (non-hydrogen) atoms. The van der Waals surface area contributed by atoms with Crippen LogP contribution in [-0.4, -0.2) is 26.4 Å². The van der Waals surface area contributed by atoms with E-state index in [0.717, 1.165) is 6.54 Å². The van der Waals surface area contributed by atoms with E-state index in [1.54, 1.807) is 4.81 Å². The van der Waals surface area contributed by atoms with Gasteiger partial charge in [-0.05, 0) is 20.0 Å². The van der Waals surface area contributed by atoms with Crippen LogP contribution in [0.15, 0.2) is 0 Å². The molecule has 0 aromatic heterocycles. The van der Waals surface area contributed by atoms with E-state index in [0.29, 0.717) is 0 Å². The molecule has 0 atom stereocenters. The van der Waals surface area contributed by atoms with Crippen molar-refractivity contribution in [3.8, 4) is 0 Å². The van der Waals surface area contributed by atoms with Gasteiger partial charge in [0.1, 0.15) is 0 Å². The molecular formula is C5H12BN. The molecule has 2 radical (unpaired) electrons. The third-order valence-electron chi connectivity index (χ3n) is 0.864. The van der Waals surface area contributed by atoms with Gasteiger partial charge in [0, 0.05) is 0 Å². The molecule has 0 unspecified atom stereocenters. The van der Waals surface area contributed by atoms with E-state index < -0.39 is 0 Å². The highest BCUT2D eigenvalue weighted by atomic mass is 15.0. The van der Waals surface area contributed by atoms with Crippen molar-refractivity contribution in [1.82, 2.24) is 4.81 Å². The second kappa shape index (κ2) is 4.19. The summed E-state index contributed by atoms with van der Waals surface area (Å²) >= 11 is 0. The van der Waals surface area contributed by atoms with Crippen molar-refractivity contribution in [3.05, 3.63) is 0 Å². The predicted molar refractivity (Wildman–Crippen MR) is 33.3 cm³/mol. The topological polar surface area (TPSA) is 3.24 Å². The fraction of sp³-hybridized carbons (Fsp3) is 1.00. The molecular weight excluding hydrogens is 84.9 g/mol. The van der Waals surface area contributed by atoms with Gasteiger partial charge in [-0.1, -0.05) is 13.3 Å². The van der Waals surface area contributed by atoms with Gasteiger partial charge in [-0.25, -0.2) is 0 Å². The highest BCUT2D eigenvalue weighted by molar-refractivity contribution is 6.04. The van der Waals surface area contributed by atoms with Crippen LogP contribution in [0.25, 0.3) is 0 Å². The SMILES string of the molecule is [B]N(C)CCCC. The van der Waals surface area contributed by atoms with Crippen LogP contribution in [-0.2, 0) is 0 Å². The zero-order valence-electron chi connectivity index (χ0n) is 5.15. The smallest absolute Gasteiger partial charge is 0.182 e. The van der Waals surface area contributed by atoms with Gasteiger partial charge in [0.25, 0.3) is 0 Å². The maximum atomic E-state index is 5.31. The minimum atomic E-state index is 1.01. The molecule has 0 amide bonds. The average Bonchev–Trinajstić information content (AvgIpc) is 1.61. The molecule has 40 valence electrons. The summed E-state index contributed by atoms with van der Waals surface area (Å²) in [4.78, 5) is 1.71. The van der Waals surface area contributed by atoms with Gasteiger partial charge in [-0.3, -0.25) is 0 Å². The minimum Gasteiger partial charge on any atom is -0.356 e. The number of hydrogen-bond donors (Lipinski definition) is 0. The Kier molecular flexibility index (Phi) is 4.21. The molecule has 0 aliphatic rings. The van der Waals surface area contributed by atoms with Gasteiger partial charge in [-0.2, -0.15) is 0 Å². The second-order valence-electron chi connectivity index (χ2n) is 1.83. The molecule has 1 nitrogen and oxygen atoms in total. The molecule has 0 aromatic rings. The third kappa shape index (κ3) is 6.02. The Bertz CT molecular complexity index is 37.1. The Labute approximate surface area is 47.1 Å². The van der Waals surface area contributed by atoms with E-state index in [1.165, 1.54) is 12.8 Å². The molecule has 2 heteroatoms. The maximum Gasteiger partial charge on any atom is 0.182 e. The molecule has 0 bridgehead atoms. The van der Waals surface area contributed by atoms with Gasteiger partial charge in [0.15, 0.2) is 7.98 Å². The van der Waals surface area contributed by atoms with Crippen molar-refractivity contribution >= 4 is 7.98 Å². The fourth-order valence-corrected chi connectivity index (χ4v) is 0.408. The summed E-state index contributed by atoms with van der Waals surface area (Å²) in [5.41, 5.74) is 0. The molecule has 0 saturated carbocycles. The summed E-state index contributed by atoms with van der Waals surface area (Å²) in [6, 6.07) is 0. The number of nitrogens with zero attached hydrogens (tertiary/aromatic N) is 1. The average molecular weight is 97.0 g/mol. The Morgan fingerprint density at radius 1 is 1.57 bits per heavy atom. The van der Waals surface area contributed by atoms with Gasteiger partial charge in [0.05, 0.1) is 0 Å².